The summed E-state index contributed by atoms with van der Waals surface area (Å²) < 4.78 is 0. The third-order valence-electron chi connectivity index (χ3n) is 7.24. The minimum atomic E-state index is -0.166. The zero-order chi connectivity index (χ0) is 25.4. The van der Waals surface area contributed by atoms with Crippen molar-refractivity contribution in [2.24, 2.45) is 0 Å². The molecule has 0 bridgehead atoms. The number of aryl methyl sites for hydroxylation is 1. The molecule has 1 atom stereocenters. The first-order valence-electron chi connectivity index (χ1n) is 12.7. The monoisotopic (exact) mass is 491 g/mol. The number of fused-ring (bicyclic) bond motifs is 2. The number of imidazole rings is 1. The van der Waals surface area contributed by atoms with Crippen molar-refractivity contribution in [1.82, 2.24) is 35.8 Å². The molecular formula is C29H29N7O. The van der Waals surface area contributed by atoms with Crippen LogP contribution in [0.5, 0.6) is 0 Å². The van der Waals surface area contributed by atoms with Gasteiger partial charge >= 0.3 is 0 Å². The summed E-state index contributed by atoms with van der Waals surface area (Å²) in [5, 5.41) is 15.1. The molecule has 0 unspecified atom stereocenters. The maximum atomic E-state index is 13.0. The smallest absolute Gasteiger partial charge is 0.269 e. The van der Waals surface area contributed by atoms with Gasteiger partial charge in [-0.1, -0.05) is 37.3 Å². The Balaban J connectivity index is 1.27. The number of carbonyl (C=O) groups excluding carboxylic acids is 1. The molecule has 0 saturated carbocycles. The molecule has 8 heteroatoms. The number of H-pyrrole nitrogens is 2. The van der Waals surface area contributed by atoms with E-state index in [0.29, 0.717) is 17.2 Å². The fourth-order valence-corrected chi connectivity index (χ4v) is 5.16. The van der Waals surface area contributed by atoms with Crippen LogP contribution in [-0.4, -0.2) is 37.6 Å². The second-order valence-corrected chi connectivity index (χ2v) is 9.49. The van der Waals surface area contributed by atoms with E-state index in [0.717, 1.165) is 48.0 Å². The van der Waals surface area contributed by atoms with Gasteiger partial charge in [0.1, 0.15) is 11.4 Å². The average Bonchev–Trinajstić information content (AvgIpc) is 3.66. The van der Waals surface area contributed by atoms with Gasteiger partial charge in [0.25, 0.3) is 5.91 Å². The molecule has 2 aromatic carbocycles. The van der Waals surface area contributed by atoms with Gasteiger partial charge in [-0.05, 0) is 66.3 Å². The molecule has 1 amide bonds. The normalized spacial score (nSPS) is 14.7. The third-order valence-corrected chi connectivity index (χ3v) is 7.24. The van der Waals surface area contributed by atoms with E-state index in [-0.39, 0.29) is 11.9 Å². The molecule has 0 radical (unpaired) electrons. The van der Waals surface area contributed by atoms with Crippen LogP contribution < -0.4 is 10.6 Å². The molecular weight excluding hydrogens is 462 g/mol. The number of hydrogen-bond donors (Lipinski definition) is 4. The Morgan fingerprint density at radius 2 is 2.03 bits per heavy atom. The maximum Gasteiger partial charge on any atom is 0.269 e. The van der Waals surface area contributed by atoms with Gasteiger partial charge in [-0.3, -0.25) is 14.9 Å². The second kappa shape index (κ2) is 9.63. The van der Waals surface area contributed by atoms with Crippen molar-refractivity contribution in [1.29, 1.82) is 0 Å². The SMILES string of the molecule is CCNCc1cncc(-c2ccc3[nH]nc(-c4ncc(C(=O)N[C@H]5CCc6ccccc65)[nH]4)c3c2)c1C. The summed E-state index contributed by atoms with van der Waals surface area (Å²) in [5.41, 5.74) is 9.01. The van der Waals surface area contributed by atoms with Crippen molar-refractivity contribution in [2.45, 2.75) is 39.3 Å². The fraction of sp³-hybridized carbons (Fsp3) is 0.241. The Hall–Kier alpha value is -4.30. The summed E-state index contributed by atoms with van der Waals surface area (Å²) in [6.07, 6.45) is 7.28. The van der Waals surface area contributed by atoms with E-state index >= 15 is 0 Å². The van der Waals surface area contributed by atoms with Crippen LogP contribution in [0, 0.1) is 6.92 Å². The van der Waals surface area contributed by atoms with Crippen LogP contribution in [0.2, 0.25) is 0 Å². The number of nitrogens with one attached hydrogen (secondary N) is 4. The van der Waals surface area contributed by atoms with E-state index in [1.165, 1.54) is 22.3 Å². The van der Waals surface area contributed by atoms with E-state index in [2.05, 4.69) is 73.9 Å². The van der Waals surface area contributed by atoms with Crippen LogP contribution in [0.4, 0.5) is 0 Å². The maximum absolute atomic E-state index is 13.0. The van der Waals surface area contributed by atoms with E-state index < -0.39 is 0 Å². The molecule has 8 nitrogen and oxygen atoms in total. The molecule has 3 aromatic heterocycles. The van der Waals surface area contributed by atoms with Gasteiger partial charge in [0, 0.05) is 29.9 Å². The second-order valence-electron chi connectivity index (χ2n) is 9.49. The van der Waals surface area contributed by atoms with Gasteiger partial charge < -0.3 is 15.6 Å². The highest BCUT2D eigenvalue weighted by Gasteiger charge is 2.25. The average molecular weight is 492 g/mol. The molecule has 3 heterocycles. The van der Waals surface area contributed by atoms with Crippen molar-refractivity contribution in [3.8, 4) is 22.6 Å². The molecule has 186 valence electrons. The standard InChI is InChI=1S/C29H29N7O/c1-3-30-13-20-14-31-15-23(17(20)2)19-9-11-25-22(12-19)27(36-35-25)28-32-16-26(33-28)29(37)34-24-10-8-18-6-4-5-7-21(18)24/h4-7,9,11-12,14-16,24,30H,3,8,10,13H2,1-2H3,(H,32,33)(H,34,37)(H,35,36)/t24-/m0/s1. The first-order valence-corrected chi connectivity index (χ1v) is 12.7. The predicted molar refractivity (Wildman–Crippen MR) is 144 cm³/mol. The van der Waals surface area contributed by atoms with Crippen LogP contribution in [0.1, 0.15) is 52.1 Å². The van der Waals surface area contributed by atoms with Gasteiger partial charge in [-0.2, -0.15) is 5.10 Å². The molecule has 37 heavy (non-hydrogen) atoms. The lowest BCUT2D eigenvalue weighted by Crippen LogP contribution is -2.27. The summed E-state index contributed by atoms with van der Waals surface area (Å²) in [6.45, 7) is 5.92. The summed E-state index contributed by atoms with van der Waals surface area (Å²) in [6, 6.07) is 14.5. The Morgan fingerprint density at radius 3 is 2.92 bits per heavy atom. The lowest BCUT2D eigenvalue weighted by atomic mass is 9.98. The minimum Gasteiger partial charge on any atom is -0.344 e. The van der Waals surface area contributed by atoms with Crippen molar-refractivity contribution in [3.05, 3.63) is 89.0 Å². The van der Waals surface area contributed by atoms with Crippen LogP contribution in [0.25, 0.3) is 33.5 Å². The highest BCUT2D eigenvalue weighted by atomic mass is 16.2. The zero-order valence-electron chi connectivity index (χ0n) is 20.9. The number of aromatic amines is 2. The molecule has 6 rings (SSSR count). The Bertz CT molecular complexity index is 1600. The number of carbonyl (C=O) groups is 1. The van der Waals surface area contributed by atoms with E-state index in [4.69, 9.17) is 0 Å². The molecule has 0 spiro atoms. The quantitative estimate of drug-likeness (QED) is 0.260. The predicted octanol–water partition coefficient (Wildman–Crippen LogP) is 4.85. The number of hydrogen-bond acceptors (Lipinski definition) is 5. The molecule has 0 aliphatic heterocycles. The fourth-order valence-electron chi connectivity index (χ4n) is 5.16. The molecule has 0 fully saturated rings. The van der Waals surface area contributed by atoms with Crippen molar-refractivity contribution >= 4 is 16.8 Å². The Morgan fingerprint density at radius 1 is 1.14 bits per heavy atom. The van der Waals surface area contributed by atoms with Crippen LogP contribution >= 0.6 is 0 Å². The van der Waals surface area contributed by atoms with Gasteiger partial charge in [0.2, 0.25) is 0 Å². The Labute approximate surface area is 215 Å². The van der Waals surface area contributed by atoms with Crippen molar-refractivity contribution in [3.63, 3.8) is 0 Å². The highest BCUT2D eigenvalue weighted by Crippen LogP contribution is 2.32. The number of nitrogens with zero attached hydrogens (tertiary/aromatic N) is 3. The largest absolute Gasteiger partial charge is 0.344 e. The minimum absolute atomic E-state index is 0.0179. The molecule has 1 aliphatic carbocycles. The summed E-state index contributed by atoms with van der Waals surface area (Å²) in [4.78, 5) is 25.2. The number of aromatic nitrogens is 5. The van der Waals surface area contributed by atoms with Crippen LogP contribution in [0.15, 0.2) is 61.1 Å². The number of amides is 1. The van der Waals surface area contributed by atoms with Crippen LogP contribution in [-0.2, 0) is 13.0 Å². The van der Waals surface area contributed by atoms with Gasteiger partial charge in [-0.25, -0.2) is 4.98 Å². The van der Waals surface area contributed by atoms with Gasteiger partial charge in [0.15, 0.2) is 5.82 Å². The Kier molecular flexibility index (Phi) is 6.02. The summed E-state index contributed by atoms with van der Waals surface area (Å²) in [7, 11) is 0. The third kappa shape index (κ3) is 4.29. The summed E-state index contributed by atoms with van der Waals surface area (Å²) >= 11 is 0. The number of pyridine rings is 1. The highest BCUT2D eigenvalue weighted by molar-refractivity contribution is 5.96. The van der Waals surface area contributed by atoms with Crippen molar-refractivity contribution in [2.75, 3.05) is 6.54 Å². The van der Waals surface area contributed by atoms with Gasteiger partial charge in [-0.15, -0.1) is 0 Å². The lowest BCUT2D eigenvalue weighted by molar-refractivity contribution is 0.0932. The lowest BCUT2D eigenvalue weighted by Gasteiger charge is -2.13. The zero-order valence-corrected chi connectivity index (χ0v) is 20.9. The summed E-state index contributed by atoms with van der Waals surface area (Å²) in [5.74, 6) is 0.385. The number of rotatable bonds is 7. The van der Waals surface area contributed by atoms with E-state index in [1.54, 1.807) is 6.20 Å². The number of benzene rings is 2. The topological polar surface area (TPSA) is 111 Å². The molecule has 4 N–H and O–H groups in total. The van der Waals surface area contributed by atoms with Crippen molar-refractivity contribution < 1.29 is 4.79 Å². The molecule has 1 aliphatic rings. The first kappa shape index (κ1) is 23.1. The van der Waals surface area contributed by atoms with E-state index in [9.17, 15) is 4.79 Å². The van der Waals surface area contributed by atoms with Crippen LogP contribution in [0.3, 0.4) is 0 Å². The molecule has 5 aromatic rings. The molecule has 0 saturated heterocycles. The van der Waals surface area contributed by atoms with E-state index in [1.807, 2.05) is 30.6 Å². The van der Waals surface area contributed by atoms with Gasteiger partial charge in [0.05, 0.1) is 17.8 Å². The first-order chi connectivity index (χ1) is 18.1.